The third-order valence-corrected chi connectivity index (χ3v) is 7.17. The van der Waals surface area contributed by atoms with Crippen molar-refractivity contribution in [1.82, 2.24) is 0 Å². The van der Waals surface area contributed by atoms with Crippen LogP contribution < -0.4 is 0 Å². The first-order valence-electron chi connectivity index (χ1n) is 10.1. The van der Waals surface area contributed by atoms with Crippen LogP contribution in [0.25, 0.3) is 0 Å². The smallest absolute Gasteiger partial charge is 0.297 e. The molecule has 0 unspecified atom stereocenters. The Morgan fingerprint density at radius 2 is 1.00 bits per heavy atom. The van der Waals surface area contributed by atoms with Crippen LogP contribution in [-0.2, 0) is 23.2 Å². The van der Waals surface area contributed by atoms with Crippen LogP contribution in [0.15, 0.2) is 0 Å². The molecule has 0 aliphatic heterocycles. The minimum atomic E-state index is -2.96. The molecule has 150 valence electrons. The summed E-state index contributed by atoms with van der Waals surface area (Å²) in [5, 5.41) is 0. The van der Waals surface area contributed by atoms with Gasteiger partial charge in [-0.3, -0.25) is 23.2 Å². The van der Waals surface area contributed by atoms with Gasteiger partial charge in [0.1, 0.15) is 11.2 Å². The fourth-order valence-electron chi connectivity index (χ4n) is 4.25. The Bertz CT molecular complexity index is 482. The Morgan fingerprint density at radius 3 is 1.31 bits per heavy atom. The average Bonchev–Trinajstić information content (AvgIpc) is 2.60. The minimum absolute atomic E-state index is 0.00411. The number of carbonyl (C=O) groups is 2. The van der Waals surface area contributed by atoms with E-state index in [1.165, 1.54) is 12.8 Å². The third-order valence-electron chi connectivity index (χ3n) is 5.82. The Morgan fingerprint density at radius 1 is 0.692 bits per heavy atom. The number of Topliss-reactive ketones (excluding diaryl/α,β-unsaturated/α-hetero) is 2. The quantitative estimate of drug-likeness (QED) is 0.532. The molecule has 0 saturated heterocycles. The molecular formula is C20H35O5P. The van der Waals surface area contributed by atoms with E-state index in [1.54, 1.807) is 27.7 Å². The van der Waals surface area contributed by atoms with Gasteiger partial charge >= 0.3 is 8.25 Å². The Labute approximate surface area is 158 Å². The predicted octanol–water partition coefficient (Wildman–Crippen LogP) is 5.27. The van der Waals surface area contributed by atoms with E-state index in [-0.39, 0.29) is 23.4 Å². The molecule has 2 fully saturated rings. The van der Waals surface area contributed by atoms with Crippen molar-refractivity contribution < 1.29 is 23.2 Å². The maximum absolute atomic E-state index is 12.7. The number of hydrogen-bond acceptors (Lipinski definition) is 5. The van der Waals surface area contributed by atoms with Gasteiger partial charge < -0.3 is 0 Å². The Balaban J connectivity index is 1.92. The van der Waals surface area contributed by atoms with Crippen molar-refractivity contribution >= 4 is 19.8 Å². The van der Waals surface area contributed by atoms with E-state index >= 15 is 0 Å². The molecule has 26 heavy (non-hydrogen) atoms. The SMILES string of the molecule is CC(C)(O[PH](=O)OC(C)(C)C(=O)C1CCCCC1)C(=O)C1CCCCC1. The van der Waals surface area contributed by atoms with Crippen LogP contribution in [0.5, 0.6) is 0 Å². The van der Waals surface area contributed by atoms with Gasteiger partial charge in [0.05, 0.1) is 0 Å². The summed E-state index contributed by atoms with van der Waals surface area (Å²) in [6.45, 7) is 6.63. The van der Waals surface area contributed by atoms with Gasteiger partial charge in [0.25, 0.3) is 0 Å². The van der Waals surface area contributed by atoms with Crippen LogP contribution in [0.2, 0.25) is 0 Å². The molecular weight excluding hydrogens is 351 g/mol. The molecule has 2 aliphatic rings. The van der Waals surface area contributed by atoms with Gasteiger partial charge in [-0.2, -0.15) is 0 Å². The van der Waals surface area contributed by atoms with E-state index in [2.05, 4.69) is 0 Å². The van der Waals surface area contributed by atoms with Crippen LogP contribution in [0.1, 0.15) is 91.9 Å². The summed E-state index contributed by atoms with van der Waals surface area (Å²) in [5.74, 6) is -0.0537. The van der Waals surface area contributed by atoms with Crippen LogP contribution in [-0.4, -0.2) is 22.8 Å². The zero-order chi connectivity index (χ0) is 19.4. The van der Waals surface area contributed by atoms with Crippen molar-refractivity contribution in [2.24, 2.45) is 11.8 Å². The molecule has 2 rings (SSSR count). The lowest BCUT2D eigenvalue weighted by Gasteiger charge is -2.33. The lowest BCUT2D eigenvalue weighted by molar-refractivity contribution is -0.140. The maximum atomic E-state index is 12.7. The summed E-state index contributed by atoms with van der Waals surface area (Å²) in [5.41, 5.74) is -2.30. The molecule has 0 aromatic heterocycles. The van der Waals surface area contributed by atoms with Crippen molar-refractivity contribution in [3.8, 4) is 0 Å². The summed E-state index contributed by atoms with van der Waals surface area (Å²) in [6.07, 6.45) is 10.1. The highest BCUT2D eigenvalue weighted by atomic mass is 31.1. The molecule has 0 heterocycles. The number of carbonyl (C=O) groups excluding carboxylic acids is 2. The van der Waals surface area contributed by atoms with Crippen molar-refractivity contribution in [1.29, 1.82) is 0 Å². The second kappa shape index (κ2) is 9.12. The first kappa shape index (κ1) is 21.8. The monoisotopic (exact) mass is 386 g/mol. The lowest BCUT2D eigenvalue weighted by Crippen LogP contribution is -2.41. The summed E-state index contributed by atoms with van der Waals surface area (Å²) in [4.78, 5) is 25.5. The highest BCUT2D eigenvalue weighted by molar-refractivity contribution is 7.33. The van der Waals surface area contributed by atoms with E-state index in [0.29, 0.717) is 0 Å². The molecule has 0 N–H and O–H groups in total. The standard InChI is InChI=1S/C20H35O5P/c1-19(2,17(21)15-11-7-5-8-12-15)24-26(23)25-20(3,4)18(22)16-13-9-6-10-14-16/h15-16,26H,5-14H2,1-4H3. The highest BCUT2D eigenvalue weighted by Gasteiger charge is 2.40. The third kappa shape index (κ3) is 5.74. The molecule has 0 bridgehead atoms. The second-order valence-electron chi connectivity index (χ2n) is 8.87. The normalized spacial score (nSPS) is 21.1. The molecule has 0 atom stereocenters. The van der Waals surface area contributed by atoms with Crippen molar-refractivity contribution in [2.45, 2.75) is 103 Å². The summed E-state index contributed by atoms with van der Waals surface area (Å²) in [7, 11) is -2.96. The van der Waals surface area contributed by atoms with Crippen LogP contribution in [0.4, 0.5) is 0 Å². The maximum Gasteiger partial charge on any atom is 0.321 e. The summed E-state index contributed by atoms with van der Waals surface area (Å²) >= 11 is 0. The average molecular weight is 386 g/mol. The van der Waals surface area contributed by atoms with Gasteiger partial charge in [0, 0.05) is 11.8 Å². The molecule has 0 aromatic carbocycles. The molecule has 0 spiro atoms. The second-order valence-corrected chi connectivity index (χ2v) is 9.78. The molecule has 0 radical (unpaired) electrons. The van der Waals surface area contributed by atoms with Crippen LogP contribution in [0.3, 0.4) is 0 Å². The van der Waals surface area contributed by atoms with Gasteiger partial charge in [-0.05, 0) is 53.4 Å². The first-order valence-corrected chi connectivity index (χ1v) is 11.4. The Kier molecular flexibility index (Phi) is 7.64. The van der Waals surface area contributed by atoms with Gasteiger partial charge in [-0.15, -0.1) is 0 Å². The summed E-state index contributed by atoms with van der Waals surface area (Å²) < 4.78 is 23.6. The van der Waals surface area contributed by atoms with Crippen LogP contribution >= 0.6 is 8.25 Å². The zero-order valence-electron chi connectivity index (χ0n) is 16.8. The number of rotatable bonds is 8. The highest BCUT2D eigenvalue weighted by Crippen LogP contribution is 2.41. The molecule has 5 nitrogen and oxygen atoms in total. The van der Waals surface area contributed by atoms with Crippen molar-refractivity contribution in [3.05, 3.63) is 0 Å². The number of hydrogen-bond donors (Lipinski definition) is 0. The molecule has 6 heteroatoms. The number of ketones is 2. The van der Waals surface area contributed by atoms with Gasteiger partial charge in [0.2, 0.25) is 0 Å². The van der Waals surface area contributed by atoms with E-state index in [1.807, 2.05) is 0 Å². The van der Waals surface area contributed by atoms with E-state index in [0.717, 1.165) is 51.4 Å². The first-order chi connectivity index (χ1) is 12.1. The van der Waals surface area contributed by atoms with Crippen LogP contribution in [0, 0.1) is 11.8 Å². The van der Waals surface area contributed by atoms with Crippen molar-refractivity contribution in [2.75, 3.05) is 0 Å². The fourth-order valence-corrected chi connectivity index (χ4v) is 5.33. The van der Waals surface area contributed by atoms with Gasteiger partial charge in [0.15, 0.2) is 11.6 Å². The molecule has 0 aromatic rings. The zero-order valence-corrected chi connectivity index (χ0v) is 17.8. The summed E-state index contributed by atoms with van der Waals surface area (Å²) in [6, 6.07) is 0. The molecule has 0 amide bonds. The van der Waals surface area contributed by atoms with Gasteiger partial charge in [-0.1, -0.05) is 38.5 Å². The van der Waals surface area contributed by atoms with Crippen molar-refractivity contribution in [3.63, 3.8) is 0 Å². The van der Waals surface area contributed by atoms with E-state index in [4.69, 9.17) is 9.05 Å². The predicted molar refractivity (Wildman–Crippen MR) is 102 cm³/mol. The molecule has 2 saturated carbocycles. The largest absolute Gasteiger partial charge is 0.321 e. The van der Waals surface area contributed by atoms with E-state index in [9.17, 15) is 14.2 Å². The topological polar surface area (TPSA) is 69.7 Å². The van der Waals surface area contributed by atoms with Gasteiger partial charge in [-0.25, -0.2) is 0 Å². The Hall–Kier alpha value is -0.510. The minimum Gasteiger partial charge on any atom is -0.297 e. The lowest BCUT2D eigenvalue weighted by atomic mass is 9.81. The molecule has 2 aliphatic carbocycles. The fraction of sp³-hybridized carbons (Fsp3) is 0.900. The van der Waals surface area contributed by atoms with E-state index < -0.39 is 19.5 Å².